The Labute approximate surface area is 116 Å². The van der Waals surface area contributed by atoms with Crippen molar-refractivity contribution in [3.05, 3.63) is 23.8 Å². The van der Waals surface area contributed by atoms with Gasteiger partial charge in [-0.1, -0.05) is 19.4 Å². The first-order chi connectivity index (χ1) is 9.15. The topological polar surface area (TPSA) is 32.7 Å². The fourth-order valence-electron chi connectivity index (χ4n) is 2.95. The minimum absolute atomic E-state index is 0.267. The summed E-state index contributed by atoms with van der Waals surface area (Å²) in [7, 11) is 1.62. The summed E-state index contributed by atoms with van der Waals surface area (Å²) in [6.45, 7) is 6.71. The molecule has 0 bridgehead atoms. The first-order valence-corrected chi connectivity index (χ1v) is 7.26. The fourth-order valence-corrected chi connectivity index (χ4v) is 2.95. The number of phenolic OH excluding ortho intramolecular Hbond substituents is 1. The number of likely N-dealkylation sites (tertiary alicyclic amines) is 1. The van der Waals surface area contributed by atoms with Crippen LogP contribution in [0, 0.1) is 5.92 Å². The fraction of sp³-hybridized carbons (Fsp3) is 0.625. The van der Waals surface area contributed by atoms with E-state index in [-0.39, 0.29) is 6.04 Å². The van der Waals surface area contributed by atoms with Crippen LogP contribution in [0.4, 0.5) is 0 Å². The molecule has 1 aliphatic heterocycles. The smallest absolute Gasteiger partial charge is 0.124 e. The Morgan fingerprint density at radius 1 is 1.37 bits per heavy atom. The first-order valence-electron chi connectivity index (χ1n) is 7.26. The van der Waals surface area contributed by atoms with Gasteiger partial charge in [0.2, 0.25) is 0 Å². The Hall–Kier alpha value is -1.22. The van der Waals surface area contributed by atoms with E-state index in [1.807, 2.05) is 12.1 Å². The molecule has 1 saturated heterocycles. The van der Waals surface area contributed by atoms with Crippen molar-refractivity contribution in [2.24, 2.45) is 5.92 Å². The molecule has 1 fully saturated rings. The summed E-state index contributed by atoms with van der Waals surface area (Å²) in [5.74, 6) is 1.93. The standard InChI is InChI=1S/C16H25NO2/c1-4-13-7-9-17(10-8-13)12(2)15-6-5-14(19-3)11-16(15)18/h5-6,11-13,18H,4,7-10H2,1-3H3. The van der Waals surface area contributed by atoms with E-state index >= 15 is 0 Å². The van der Waals surface area contributed by atoms with Gasteiger partial charge in [-0.05, 0) is 44.8 Å². The maximum Gasteiger partial charge on any atom is 0.124 e. The second-order valence-electron chi connectivity index (χ2n) is 5.49. The Balaban J connectivity index is 2.05. The molecule has 3 nitrogen and oxygen atoms in total. The second-order valence-corrected chi connectivity index (χ2v) is 5.49. The quantitative estimate of drug-likeness (QED) is 0.901. The van der Waals surface area contributed by atoms with Crippen LogP contribution in [0.15, 0.2) is 18.2 Å². The van der Waals surface area contributed by atoms with Gasteiger partial charge in [-0.3, -0.25) is 4.90 Å². The Kier molecular flexibility index (Phi) is 4.70. The third-order valence-corrected chi connectivity index (χ3v) is 4.46. The van der Waals surface area contributed by atoms with Crippen molar-refractivity contribution >= 4 is 0 Å². The molecule has 19 heavy (non-hydrogen) atoms. The molecule has 1 aliphatic rings. The summed E-state index contributed by atoms with van der Waals surface area (Å²) in [6, 6.07) is 5.86. The highest BCUT2D eigenvalue weighted by Gasteiger charge is 2.24. The van der Waals surface area contributed by atoms with Gasteiger partial charge in [0, 0.05) is 17.7 Å². The molecular formula is C16H25NO2. The van der Waals surface area contributed by atoms with Gasteiger partial charge < -0.3 is 9.84 Å². The zero-order valence-electron chi connectivity index (χ0n) is 12.2. The summed E-state index contributed by atoms with van der Waals surface area (Å²) in [5, 5.41) is 10.1. The van der Waals surface area contributed by atoms with E-state index < -0.39 is 0 Å². The molecule has 1 unspecified atom stereocenters. The lowest BCUT2D eigenvalue weighted by Crippen LogP contribution is -2.35. The third kappa shape index (κ3) is 3.21. The van der Waals surface area contributed by atoms with Crippen LogP contribution < -0.4 is 4.74 Å². The maximum absolute atomic E-state index is 10.1. The van der Waals surface area contributed by atoms with Crippen LogP contribution in [0.2, 0.25) is 0 Å². The number of nitrogens with zero attached hydrogens (tertiary/aromatic N) is 1. The molecule has 0 saturated carbocycles. The van der Waals surface area contributed by atoms with Crippen molar-refractivity contribution in [2.45, 2.75) is 39.2 Å². The zero-order valence-corrected chi connectivity index (χ0v) is 12.2. The summed E-state index contributed by atoms with van der Waals surface area (Å²) in [4.78, 5) is 2.47. The van der Waals surface area contributed by atoms with Crippen LogP contribution in [0.3, 0.4) is 0 Å². The number of methoxy groups -OCH3 is 1. The van der Waals surface area contributed by atoms with E-state index in [0.717, 1.165) is 24.6 Å². The first kappa shape index (κ1) is 14.2. The average molecular weight is 263 g/mol. The summed E-state index contributed by atoms with van der Waals surface area (Å²) >= 11 is 0. The molecule has 0 amide bonds. The molecule has 1 aromatic rings. The van der Waals surface area contributed by atoms with Gasteiger partial charge in [-0.2, -0.15) is 0 Å². The molecule has 2 rings (SSSR count). The van der Waals surface area contributed by atoms with Gasteiger partial charge in [-0.25, -0.2) is 0 Å². The number of hydrogen-bond acceptors (Lipinski definition) is 3. The monoisotopic (exact) mass is 263 g/mol. The van der Waals surface area contributed by atoms with Crippen LogP contribution in [0.25, 0.3) is 0 Å². The average Bonchev–Trinajstić information content (AvgIpc) is 2.46. The van der Waals surface area contributed by atoms with E-state index in [4.69, 9.17) is 4.74 Å². The van der Waals surface area contributed by atoms with Gasteiger partial charge in [0.1, 0.15) is 11.5 Å². The van der Waals surface area contributed by atoms with Gasteiger partial charge in [0.05, 0.1) is 7.11 Å². The van der Waals surface area contributed by atoms with Crippen molar-refractivity contribution in [2.75, 3.05) is 20.2 Å². The largest absolute Gasteiger partial charge is 0.507 e. The molecule has 0 spiro atoms. The maximum atomic E-state index is 10.1. The van der Waals surface area contributed by atoms with E-state index in [2.05, 4.69) is 18.7 Å². The van der Waals surface area contributed by atoms with Gasteiger partial charge in [-0.15, -0.1) is 0 Å². The molecule has 106 valence electrons. The number of piperidine rings is 1. The number of aromatic hydroxyl groups is 1. The van der Waals surface area contributed by atoms with Crippen molar-refractivity contribution < 1.29 is 9.84 Å². The van der Waals surface area contributed by atoms with E-state index in [1.54, 1.807) is 13.2 Å². The minimum atomic E-state index is 0.267. The molecule has 1 N–H and O–H groups in total. The summed E-state index contributed by atoms with van der Waals surface area (Å²) in [6.07, 6.45) is 3.84. The lowest BCUT2D eigenvalue weighted by molar-refractivity contribution is 0.138. The molecule has 1 heterocycles. The Bertz CT molecular complexity index is 411. The number of ether oxygens (including phenoxy) is 1. The van der Waals surface area contributed by atoms with Crippen molar-refractivity contribution in [3.63, 3.8) is 0 Å². The van der Waals surface area contributed by atoms with Crippen molar-refractivity contribution in [1.82, 2.24) is 4.90 Å². The normalized spacial score (nSPS) is 19.3. The van der Waals surface area contributed by atoms with E-state index in [1.165, 1.54) is 19.3 Å². The minimum Gasteiger partial charge on any atom is -0.507 e. The van der Waals surface area contributed by atoms with Gasteiger partial charge in [0.15, 0.2) is 0 Å². The molecule has 0 aromatic heterocycles. The second kappa shape index (κ2) is 6.29. The molecule has 3 heteroatoms. The van der Waals surface area contributed by atoms with Crippen LogP contribution in [-0.4, -0.2) is 30.2 Å². The summed E-state index contributed by atoms with van der Waals surface area (Å²) < 4.78 is 5.13. The summed E-state index contributed by atoms with van der Waals surface area (Å²) in [5.41, 5.74) is 0.996. The zero-order chi connectivity index (χ0) is 13.8. The highest BCUT2D eigenvalue weighted by molar-refractivity contribution is 5.41. The SMILES string of the molecule is CCC1CCN(C(C)c2ccc(OC)cc2O)CC1. The van der Waals surface area contributed by atoms with E-state index in [9.17, 15) is 5.11 Å². The van der Waals surface area contributed by atoms with Crippen LogP contribution in [-0.2, 0) is 0 Å². The number of benzene rings is 1. The third-order valence-electron chi connectivity index (χ3n) is 4.46. The van der Waals surface area contributed by atoms with Crippen molar-refractivity contribution in [1.29, 1.82) is 0 Å². The molecular weight excluding hydrogens is 238 g/mol. The number of hydrogen-bond donors (Lipinski definition) is 1. The van der Waals surface area contributed by atoms with Gasteiger partial charge >= 0.3 is 0 Å². The predicted octanol–water partition coefficient (Wildman–Crippen LogP) is 3.58. The Morgan fingerprint density at radius 2 is 2.05 bits per heavy atom. The number of phenols is 1. The van der Waals surface area contributed by atoms with Crippen LogP contribution in [0.1, 0.15) is 44.7 Å². The molecule has 1 atom stereocenters. The highest BCUT2D eigenvalue weighted by atomic mass is 16.5. The lowest BCUT2D eigenvalue weighted by atomic mass is 9.92. The van der Waals surface area contributed by atoms with Crippen LogP contribution in [0.5, 0.6) is 11.5 Å². The predicted molar refractivity (Wildman–Crippen MR) is 77.7 cm³/mol. The molecule has 1 aromatic carbocycles. The van der Waals surface area contributed by atoms with Crippen molar-refractivity contribution in [3.8, 4) is 11.5 Å². The Morgan fingerprint density at radius 3 is 2.58 bits per heavy atom. The molecule has 0 aliphatic carbocycles. The molecule has 0 radical (unpaired) electrons. The number of rotatable bonds is 4. The lowest BCUT2D eigenvalue weighted by Gasteiger charge is -2.36. The van der Waals surface area contributed by atoms with Gasteiger partial charge in [0.25, 0.3) is 0 Å². The van der Waals surface area contributed by atoms with Crippen LogP contribution >= 0.6 is 0 Å². The van der Waals surface area contributed by atoms with E-state index in [0.29, 0.717) is 11.5 Å². The highest BCUT2D eigenvalue weighted by Crippen LogP contribution is 2.34.